The summed E-state index contributed by atoms with van der Waals surface area (Å²) in [5.41, 5.74) is 1.06. The predicted octanol–water partition coefficient (Wildman–Crippen LogP) is -0.0852. The molecule has 3 aliphatic heterocycles. The van der Waals surface area contributed by atoms with E-state index in [2.05, 4.69) is 14.5 Å². The lowest BCUT2D eigenvalue weighted by Gasteiger charge is -2.32. The molecule has 2 saturated heterocycles. The van der Waals surface area contributed by atoms with E-state index < -0.39 is 6.04 Å². The number of amides is 3. The summed E-state index contributed by atoms with van der Waals surface area (Å²) >= 11 is 0. The van der Waals surface area contributed by atoms with Crippen molar-refractivity contribution in [1.29, 1.82) is 0 Å². The van der Waals surface area contributed by atoms with E-state index in [1.165, 1.54) is 9.80 Å². The van der Waals surface area contributed by atoms with Gasteiger partial charge in [0, 0.05) is 33.2 Å². The van der Waals surface area contributed by atoms with Crippen LogP contribution in [-0.2, 0) is 16.1 Å². The minimum atomic E-state index is -0.545. The standard InChI is InChI=1S/C17H25N6O3/c1-4-21-15(24)13-14(19(3)17(21)25)18-16-22(12(2)11-23(13)16)6-5-20-7-9-26-10-8-20/h11,13H,4-10H2,1-3H3/q+1. The molecule has 3 aliphatic rings. The third kappa shape index (κ3) is 2.53. The fourth-order valence-corrected chi connectivity index (χ4v) is 3.86. The number of imide groups is 1. The summed E-state index contributed by atoms with van der Waals surface area (Å²) in [5, 5.41) is 0. The molecular formula is C17H25N6O3+. The van der Waals surface area contributed by atoms with E-state index in [9.17, 15) is 9.59 Å². The van der Waals surface area contributed by atoms with E-state index in [0.717, 1.165) is 51.0 Å². The van der Waals surface area contributed by atoms with Crippen LogP contribution in [0.4, 0.5) is 10.7 Å². The monoisotopic (exact) mass is 361 g/mol. The first-order valence-electron chi connectivity index (χ1n) is 9.12. The van der Waals surface area contributed by atoms with Crippen molar-refractivity contribution in [1.82, 2.24) is 19.3 Å². The summed E-state index contributed by atoms with van der Waals surface area (Å²) in [6.45, 7) is 9.32. The lowest BCUT2D eigenvalue weighted by Crippen LogP contribution is -2.62. The van der Waals surface area contributed by atoms with Crippen molar-refractivity contribution in [2.75, 3.05) is 46.4 Å². The van der Waals surface area contributed by atoms with E-state index in [0.29, 0.717) is 12.4 Å². The van der Waals surface area contributed by atoms with Crippen LogP contribution in [-0.4, -0.2) is 83.5 Å². The second-order valence-corrected chi connectivity index (χ2v) is 6.88. The van der Waals surface area contributed by atoms with Crippen LogP contribution >= 0.6 is 0 Å². The molecule has 4 heterocycles. The molecule has 0 saturated carbocycles. The maximum Gasteiger partial charge on any atom is 0.401 e. The molecule has 3 amide bonds. The fourth-order valence-electron chi connectivity index (χ4n) is 3.86. The number of ether oxygens (including phenoxy) is 1. The highest BCUT2D eigenvalue weighted by molar-refractivity contribution is 6.19. The van der Waals surface area contributed by atoms with Crippen LogP contribution in [0.25, 0.3) is 0 Å². The van der Waals surface area contributed by atoms with Gasteiger partial charge in [0.1, 0.15) is 11.9 Å². The van der Waals surface area contributed by atoms with Gasteiger partial charge < -0.3 is 4.74 Å². The average Bonchev–Trinajstić information content (AvgIpc) is 3.14. The Morgan fingerprint density at radius 1 is 1.27 bits per heavy atom. The van der Waals surface area contributed by atoms with Crippen molar-refractivity contribution in [3.8, 4) is 0 Å². The van der Waals surface area contributed by atoms with Crippen LogP contribution in [0.15, 0.2) is 11.2 Å². The Morgan fingerprint density at radius 3 is 2.69 bits per heavy atom. The number of carbonyl (C=O) groups excluding carboxylic acids is 2. The largest absolute Gasteiger partial charge is 0.401 e. The lowest BCUT2D eigenvalue weighted by atomic mass is 10.1. The minimum absolute atomic E-state index is 0.205. The molecule has 1 aromatic rings. The number of hydrogen-bond acceptors (Lipinski definition) is 5. The summed E-state index contributed by atoms with van der Waals surface area (Å²) in [4.78, 5) is 35.0. The predicted molar refractivity (Wildman–Crippen MR) is 93.3 cm³/mol. The third-order valence-electron chi connectivity index (χ3n) is 5.38. The maximum atomic E-state index is 12.8. The Balaban J connectivity index is 1.62. The van der Waals surface area contributed by atoms with E-state index in [-0.39, 0.29) is 11.9 Å². The molecule has 1 unspecified atom stereocenters. The topological polar surface area (TPSA) is 74.3 Å². The van der Waals surface area contributed by atoms with Crippen LogP contribution < -0.4 is 4.57 Å². The number of amidine groups is 1. The van der Waals surface area contributed by atoms with Gasteiger partial charge in [-0.05, 0) is 13.8 Å². The zero-order valence-corrected chi connectivity index (χ0v) is 15.5. The Morgan fingerprint density at radius 2 is 2.00 bits per heavy atom. The number of aromatic nitrogens is 2. The van der Waals surface area contributed by atoms with Crippen LogP contribution in [0.1, 0.15) is 18.7 Å². The Labute approximate surface area is 152 Å². The molecule has 4 rings (SSSR count). The number of imidazole rings is 1. The quantitative estimate of drug-likeness (QED) is 0.703. The molecule has 0 N–H and O–H groups in total. The van der Waals surface area contributed by atoms with Gasteiger partial charge in [-0.1, -0.05) is 4.99 Å². The molecule has 1 aromatic heterocycles. The molecule has 0 aromatic carbocycles. The highest BCUT2D eigenvalue weighted by atomic mass is 16.5. The molecular weight excluding hydrogens is 336 g/mol. The minimum Gasteiger partial charge on any atom is -0.379 e. The van der Waals surface area contributed by atoms with E-state index in [4.69, 9.17) is 4.74 Å². The summed E-state index contributed by atoms with van der Waals surface area (Å²) in [5.74, 6) is 1.05. The summed E-state index contributed by atoms with van der Waals surface area (Å²) in [7, 11) is 1.68. The molecule has 0 spiro atoms. The van der Waals surface area contributed by atoms with Gasteiger partial charge in [-0.3, -0.25) is 19.5 Å². The van der Waals surface area contributed by atoms with Crippen molar-refractivity contribution < 1.29 is 18.9 Å². The van der Waals surface area contributed by atoms with Crippen molar-refractivity contribution in [2.24, 2.45) is 4.99 Å². The second kappa shape index (κ2) is 6.48. The number of nitrogens with zero attached hydrogens (tertiary/aromatic N) is 6. The van der Waals surface area contributed by atoms with Crippen molar-refractivity contribution in [2.45, 2.75) is 26.4 Å². The molecule has 0 radical (unpaired) electrons. The van der Waals surface area contributed by atoms with Gasteiger partial charge in [0.25, 0.3) is 5.91 Å². The number of aryl methyl sites for hydroxylation is 1. The van der Waals surface area contributed by atoms with Crippen molar-refractivity contribution in [3.63, 3.8) is 0 Å². The maximum absolute atomic E-state index is 12.8. The van der Waals surface area contributed by atoms with Gasteiger partial charge in [-0.15, -0.1) is 0 Å². The Kier molecular flexibility index (Phi) is 4.28. The van der Waals surface area contributed by atoms with Crippen LogP contribution in [0.5, 0.6) is 0 Å². The lowest BCUT2D eigenvalue weighted by molar-refractivity contribution is -0.677. The SMILES string of the molecule is CCN1C(=O)C2C(=Nc3n(CCN4CCOCC4)c(C)c[n+]32)N(C)C1=O. The molecule has 0 aliphatic carbocycles. The number of hydrogen-bond donors (Lipinski definition) is 0. The average molecular weight is 361 g/mol. The summed E-state index contributed by atoms with van der Waals surface area (Å²) < 4.78 is 9.43. The normalized spacial score (nSPS) is 23.3. The molecule has 9 heteroatoms. The number of morpholine rings is 1. The Bertz CT molecular complexity index is 780. The van der Waals surface area contributed by atoms with Crippen LogP contribution in [0.3, 0.4) is 0 Å². The van der Waals surface area contributed by atoms with Gasteiger partial charge >= 0.3 is 12.0 Å². The number of rotatable bonds is 4. The first-order chi connectivity index (χ1) is 12.5. The van der Waals surface area contributed by atoms with E-state index in [1.54, 1.807) is 7.05 Å². The molecule has 9 nitrogen and oxygen atoms in total. The Hall–Kier alpha value is -2.26. The zero-order valence-electron chi connectivity index (χ0n) is 15.5. The number of carbonyl (C=O) groups is 2. The van der Waals surface area contributed by atoms with Gasteiger partial charge in [0.05, 0.1) is 19.8 Å². The first-order valence-corrected chi connectivity index (χ1v) is 9.12. The van der Waals surface area contributed by atoms with Crippen molar-refractivity contribution in [3.05, 3.63) is 11.9 Å². The number of aliphatic imine (C=N–C) groups is 1. The highest BCUT2D eigenvalue weighted by Crippen LogP contribution is 2.29. The zero-order chi connectivity index (χ0) is 18.4. The first kappa shape index (κ1) is 17.2. The molecule has 2 fully saturated rings. The van der Waals surface area contributed by atoms with Crippen LogP contribution in [0, 0.1) is 6.92 Å². The molecule has 0 bridgehead atoms. The number of likely N-dealkylation sites (N-methyl/N-ethyl adjacent to an activating group) is 2. The van der Waals surface area contributed by atoms with Gasteiger partial charge in [0.15, 0.2) is 0 Å². The molecule has 26 heavy (non-hydrogen) atoms. The number of urea groups is 1. The number of fused-ring (bicyclic) bond motifs is 3. The summed E-state index contributed by atoms with van der Waals surface area (Å²) in [6.07, 6.45) is 1.96. The molecule has 1 atom stereocenters. The second-order valence-electron chi connectivity index (χ2n) is 6.88. The highest BCUT2D eigenvalue weighted by Gasteiger charge is 2.52. The van der Waals surface area contributed by atoms with Gasteiger partial charge in [-0.25, -0.2) is 13.9 Å². The smallest absolute Gasteiger partial charge is 0.379 e. The van der Waals surface area contributed by atoms with Crippen molar-refractivity contribution >= 4 is 23.7 Å². The van der Waals surface area contributed by atoms with E-state index >= 15 is 0 Å². The third-order valence-corrected chi connectivity index (χ3v) is 5.38. The fraction of sp³-hybridized carbons (Fsp3) is 0.647. The van der Waals surface area contributed by atoms with Crippen LogP contribution in [0.2, 0.25) is 0 Å². The molecule has 140 valence electrons. The van der Waals surface area contributed by atoms with Gasteiger partial charge in [0.2, 0.25) is 11.9 Å². The van der Waals surface area contributed by atoms with Gasteiger partial charge in [-0.2, -0.15) is 0 Å². The summed E-state index contributed by atoms with van der Waals surface area (Å²) in [6, 6.07) is -0.856. The van der Waals surface area contributed by atoms with E-state index in [1.807, 2.05) is 24.6 Å².